The molecule has 2 nitrogen and oxygen atoms in total. The number of benzene rings is 6. The van der Waals surface area contributed by atoms with Gasteiger partial charge in [0.15, 0.2) is 0 Å². The van der Waals surface area contributed by atoms with Gasteiger partial charge in [-0.1, -0.05) is 147 Å². The van der Waals surface area contributed by atoms with Crippen molar-refractivity contribution in [2.45, 2.75) is 46.8 Å². The van der Waals surface area contributed by atoms with E-state index in [9.17, 15) is 0 Å². The standard InChI is InChI=1S/C49H30N2S2.C2H6/c1-3-16-35-32(14-1)33-29-28-31(50-39-19-5-9-24-44(39)52-45-25-10-6-20-40(45)50)30-38(33)49(35)36-17-4-2-15-34(36)48-37(49)18-13-23-43(48)51-41-21-7-11-26-46(41)53-47-27-12-8-22-42(47)51;1-2/h1-5,7-9,11,13-26,28-30H,12,27H2;1-2H3. The van der Waals surface area contributed by atoms with E-state index in [1.54, 1.807) is 11.8 Å². The fraction of sp³-hybridized carbons (Fsp3) is 0.0980. The van der Waals surface area contributed by atoms with Crippen molar-refractivity contribution in [2.24, 2.45) is 0 Å². The lowest BCUT2D eigenvalue weighted by Crippen LogP contribution is -2.27. The van der Waals surface area contributed by atoms with E-state index in [4.69, 9.17) is 0 Å². The SMILES string of the molecule is CC.c1cc2c(cc#1)N(c1ccc3c(c1)C1(c4ccccc4-3)c3ccccc3-c3c(N4C5=C(CCC=C5)Sc5ccccc54)cccc31)c1ccccc1S2. The first-order chi connectivity index (χ1) is 27.3. The molecular formula is C51H36N2S2. The molecule has 262 valence electrons. The average Bonchev–Trinajstić information content (AvgIpc) is 3.72. The van der Waals surface area contributed by atoms with Crippen LogP contribution in [-0.4, -0.2) is 0 Å². The molecule has 0 radical (unpaired) electrons. The zero-order chi connectivity index (χ0) is 36.7. The summed E-state index contributed by atoms with van der Waals surface area (Å²) in [6, 6.07) is 60.8. The first-order valence-corrected chi connectivity index (χ1v) is 20.9. The molecule has 7 aromatic rings. The summed E-state index contributed by atoms with van der Waals surface area (Å²) in [5, 5.41) is 0. The molecule has 0 N–H and O–H groups in total. The van der Waals surface area contributed by atoms with Gasteiger partial charge in [-0.05, 0) is 100 Å². The Morgan fingerprint density at radius 1 is 0.527 bits per heavy atom. The fourth-order valence-corrected chi connectivity index (χ4v) is 11.7. The number of para-hydroxylation sites is 2. The Morgan fingerprint density at radius 3 is 2.00 bits per heavy atom. The number of thioether (sulfide) groups is 1. The maximum absolute atomic E-state index is 3.26. The monoisotopic (exact) mass is 740 g/mol. The van der Waals surface area contributed by atoms with E-state index in [1.165, 1.54) is 86.9 Å². The van der Waals surface area contributed by atoms with Gasteiger partial charge in [-0.15, -0.1) is 0 Å². The maximum Gasteiger partial charge on any atom is 0.0727 e. The third-order valence-electron chi connectivity index (χ3n) is 11.6. The average molecular weight is 741 g/mol. The second kappa shape index (κ2) is 12.6. The zero-order valence-corrected chi connectivity index (χ0v) is 32.3. The van der Waals surface area contributed by atoms with Gasteiger partial charge in [0.1, 0.15) is 0 Å². The van der Waals surface area contributed by atoms with Crippen molar-refractivity contribution in [3.8, 4) is 22.3 Å². The molecule has 0 saturated carbocycles. The first-order valence-electron chi connectivity index (χ1n) is 19.2. The van der Waals surface area contributed by atoms with E-state index in [1.807, 2.05) is 25.6 Å². The molecule has 0 saturated heterocycles. The molecule has 0 aromatic heterocycles. The third kappa shape index (κ3) is 4.49. The Labute approximate surface area is 331 Å². The largest absolute Gasteiger partial charge is 0.308 e. The van der Waals surface area contributed by atoms with Gasteiger partial charge in [0.05, 0.1) is 33.9 Å². The number of anilines is 5. The number of nitrogens with zero attached hydrogens (tertiary/aromatic N) is 2. The minimum atomic E-state index is -0.489. The molecule has 4 heteroatoms. The minimum Gasteiger partial charge on any atom is -0.308 e. The summed E-state index contributed by atoms with van der Waals surface area (Å²) < 4.78 is 0. The van der Waals surface area contributed by atoms with E-state index in [2.05, 4.69) is 180 Å². The normalized spacial score (nSPS) is 17.4. The van der Waals surface area contributed by atoms with Crippen molar-refractivity contribution in [1.29, 1.82) is 0 Å². The highest BCUT2D eigenvalue weighted by molar-refractivity contribution is 8.03. The second-order valence-corrected chi connectivity index (χ2v) is 16.4. The summed E-state index contributed by atoms with van der Waals surface area (Å²) in [4.78, 5) is 10.2. The minimum absolute atomic E-state index is 0.489. The van der Waals surface area contributed by atoms with Crippen molar-refractivity contribution in [2.75, 3.05) is 9.80 Å². The first kappa shape index (κ1) is 32.6. The van der Waals surface area contributed by atoms with Gasteiger partial charge in [0.2, 0.25) is 0 Å². The van der Waals surface area contributed by atoms with Crippen LogP contribution in [-0.2, 0) is 5.41 Å². The zero-order valence-electron chi connectivity index (χ0n) is 30.6. The second-order valence-electron chi connectivity index (χ2n) is 14.2. The van der Waals surface area contributed by atoms with Crippen LogP contribution in [0.4, 0.5) is 28.4 Å². The Bertz CT molecular complexity index is 2730. The van der Waals surface area contributed by atoms with Crippen molar-refractivity contribution in [3.63, 3.8) is 0 Å². The van der Waals surface area contributed by atoms with Crippen LogP contribution in [0.3, 0.4) is 0 Å². The highest BCUT2D eigenvalue weighted by atomic mass is 32.2. The highest BCUT2D eigenvalue weighted by Gasteiger charge is 2.53. The van der Waals surface area contributed by atoms with Gasteiger partial charge in [0, 0.05) is 43.0 Å². The third-order valence-corrected chi connectivity index (χ3v) is 13.9. The summed E-state index contributed by atoms with van der Waals surface area (Å²) in [6.45, 7) is 4.00. The van der Waals surface area contributed by atoms with Crippen molar-refractivity contribution < 1.29 is 0 Å². The van der Waals surface area contributed by atoms with Crippen molar-refractivity contribution in [3.05, 3.63) is 203 Å². The van der Waals surface area contributed by atoms with Gasteiger partial charge < -0.3 is 9.80 Å². The quantitative estimate of drug-likeness (QED) is 0.174. The van der Waals surface area contributed by atoms with E-state index in [-0.39, 0.29) is 0 Å². The molecule has 55 heavy (non-hydrogen) atoms. The van der Waals surface area contributed by atoms with Crippen LogP contribution >= 0.6 is 23.5 Å². The molecule has 1 spiro atoms. The maximum atomic E-state index is 3.26. The number of fused-ring (bicyclic) bond motifs is 13. The Kier molecular flexibility index (Phi) is 7.46. The Morgan fingerprint density at radius 2 is 1.16 bits per heavy atom. The number of hydrogen-bond donors (Lipinski definition) is 0. The summed E-state index contributed by atoms with van der Waals surface area (Å²) in [6.07, 6.45) is 6.84. The van der Waals surface area contributed by atoms with Crippen LogP contribution in [0.15, 0.2) is 183 Å². The molecule has 3 aliphatic carbocycles. The summed E-state index contributed by atoms with van der Waals surface area (Å²) in [5.74, 6) is 0. The predicted molar refractivity (Wildman–Crippen MR) is 230 cm³/mol. The van der Waals surface area contributed by atoms with Crippen LogP contribution in [0.2, 0.25) is 0 Å². The molecule has 2 aliphatic heterocycles. The molecule has 12 rings (SSSR count). The summed E-state index contributed by atoms with van der Waals surface area (Å²) >= 11 is 3.75. The molecule has 0 fully saturated rings. The fourth-order valence-electron chi connectivity index (χ4n) is 9.54. The predicted octanol–water partition coefficient (Wildman–Crippen LogP) is 14.4. The van der Waals surface area contributed by atoms with Gasteiger partial charge in [-0.25, -0.2) is 0 Å². The number of rotatable bonds is 2. The highest BCUT2D eigenvalue weighted by Crippen LogP contribution is 2.66. The van der Waals surface area contributed by atoms with E-state index in [0.717, 1.165) is 24.2 Å². The molecule has 0 bridgehead atoms. The summed E-state index contributed by atoms with van der Waals surface area (Å²) in [7, 11) is 0. The lowest BCUT2D eigenvalue weighted by molar-refractivity contribution is 0.793. The Hall–Kier alpha value is -5.86. The Balaban J connectivity index is 0.00000173. The number of hydrogen-bond acceptors (Lipinski definition) is 4. The molecule has 2 heterocycles. The molecule has 0 amide bonds. The molecular weight excluding hydrogens is 705 g/mol. The lowest BCUT2D eigenvalue weighted by atomic mass is 9.70. The van der Waals surface area contributed by atoms with E-state index in [0.29, 0.717) is 0 Å². The van der Waals surface area contributed by atoms with Crippen LogP contribution in [0.5, 0.6) is 0 Å². The van der Waals surface area contributed by atoms with Crippen molar-refractivity contribution >= 4 is 52.0 Å². The van der Waals surface area contributed by atoms with Crippen LogP contribution in [0.25, 0.3) is 22.3 Å². The van der Waals surface area contributed by atoms with Gasteiger partial charge in [0.25, 0.3) is 0 Å². The molecule has 5 aliphatic rings. The van der Waals surface area contributed by atoms with Gasteiger partial charge in [-0.2, -0.15) is 0 Å². The van der Waals surface area contributed by atoms with Crippen LogP contribution in [0, 0.1) is 12.1 Å². The van der Waals surface area contributed by atoms with Crippen molar-refractivity contribution in [1.82, 2.24) is 0 Å². The molecule has 1 unspecified atom stereocenters. The molecule has 7 aromatic carbocycles. The number of allylic oxidation sites excluding steroid dienone is 3. The van der Waals surface area contributed by atoms with Gasteiger partial charge >= 0.3 is 0 Å². The lowest BCUT2D eigenvalue weighted by Gasteiger charge is -2.37. The van der Waals surface area contributed by atoms with Crippen LogP contribution < -0.4 is 9.80 Å². The van der Waals surface area contributed by atoms with Gasteiger partial charge in [-0.3, -0.25) is 0 Å². The summed E-state index contributed by atoms with van der Waals surface area (Å²) in [5.41, 5.74) is 17.4. The van der Waals surface area contributed by atoms with E-state index >= 15 is 0 Å². The molecule has 1 atom stereocenters. The topological polar surface area (TPSA) is 6.48 Å². The smallest absolute Gasteiger partial charge is 0.0727 e. The van der Waals surface area contributed by atoms with Crippen LogP contribution in [0.1, 0.15) is 48.9 Å². The van der Waals surface area contributed by atoms with E-state index < -0.39 is 5.41 Å².